The fourth-order valence-corrected chi connectivity index (χ4v) is 2.51. The molecule has 0 saturated heterocycles. The Labute approximate surface area is 160 Å². The van der Waals surface area contributed by atoms with Crippen LogP contribution in [0.15, 0.2) is 24.4 Å². The summed E-state index contributed by atoms with van der Waals surface area (Å²) in [4.78, 5) is 42.3. The van der Waals surface area contributed by atoms with Crippen LogP contribution in [0.5, 0.6) is 5.75 Å². The molecule has 2 amide bonds. The first kappa shape index (κ1) is 20.7. The summed E-state index contributed by atoms with van der Waals surface area (Å²) in [6, 6.07) is 3.96. The number of ether oxygens (including phenoxy) is 1. The Morgan fingerprint density at radius 2 is 2.18 bits per heavy atom. The molecule has 0 atom stereocenters. The molecule has 0 spiro atoms. The highest BCUT2D eigenvalue weighted by Crippen LogP contribution is 2.30. The Kier molecular flexibility index (Phi) is 6.90. The van der Waals surface area contributed by atoms with Crippen molar-refractivity contribution in [3.63, 3.8) is 0 Å². The molecular weight excluding hydrogens is 370 g/mol. The van der Waals surface area contributed by atoms with Gasteiger partial charge < -0.3 is 25.0 Å². The summed E-state index contributed by atoms with van der Waals surface area (Å²) in [5.74, 6) is -0.249. The van der Waals surface area contributed by atoms with Gasteiger partial charge >= 0.3 is 11.8 Å². The molecule has 0 radical (unpaired) electrons. The average Bonchev–Trinajstić information content (AvgIpc) is 3.13. The molecule has 0 aliphatic rings. The molecule has 1 aromatic heterocycles. The maximum absolute atomic E-state index is 12.3. The molecule has 2 rings (SSSR count). The number of carbonyl (C=O) groups is 2. The minimum atomic E-state index is -0.692. The second kappa shape index (κ2) is 9.35. The molecular formula is C17H21N5O6. The number of H-pyrrole nitrogens is 1. The van der Waals surface area contributed by atoms with E-state index >= 15 is 0 Å². The molecule has 1 aromatic carbocycles. The number of amides is 2. The zero-order valence-electron chi connectivity index (χ0n) is 15.5. The molecule has 0 aliphatic carbocycles. The number of methoxy groups -OCH3 is 1. The second-order valence-electron chi connectivity index (χ2n) is 5.86. The maximum atomic E-state index is 12.3. The van der Waals surface area contributed by atoms with Crippen LogP contribution >= 0.6 is 0 Å². The standard InChI is InChI=1S/C17H21N5O6/c1-3-6-21(16(24)9-19-17(25)28-2)10-15-18-8-12(20-15)11-4-5-13(22(26)27)14(23)7-11/h4-5,7-8,23H,3,6,9-10H2,1-2H3,(H,18,20)(H,19,25). The van der Waals surface area contributed by atoms with Crippen LogP contribution in [0.3, 0.4) is 0 Å². The van der Waals surface area contributed by atoms with Crippen LogP contribution in [0.4, 0.5) is 10.5 Å². The van der Waals surface area contributed by atoms with Crippen LogP contribution in [-0.4, -0.2) is 57.1 Å². The molecule has 1 heterocycles. The minimum Gasteiger partial charge on any atom is -0.502 e. The Bertz CT molecular complexity index is 865. The molecule has 0 bridgehead atoms. The van der Waals surface area contributed by atoms with Gasteiger partial charge in [0.05, 0.1) is 30.5 Å². The molecule has 2 aromatic rings. The van der Waals surface area contributed by atoms with E-state index in [1.807, 2.05) is 6.92 Å². The van der Waals surface area contributed by atoms with E-state index in [0.717, 1.165) is 0 Å². The van der Waals surface area contributed by atoms with Gasteiger partial charge in [-0.15, -0.1) is 0 Å². The van der Waals surface area contributed by atoms with Crippen molar-refractivity contribution in [3.8, 4) is 17.0 Å². The number of nitro benzene ring substituents is 1. The van der Waals surface area contributed by atoms with Crippen LogP contribution in [0.2, 0.25) is 0 Å². The van der Waals surface area contributed by atoms with Crippen molar-refractivity contribution in [3.05, 3.63) is 40.3 Å². The number of imidazole rings is 1. The van der Waals surface area contributed by atoms with Crippen molar-refractivity contribution in [2.24, 2.45) is 0 Å². The molecule has 0 fully saturated rings. The molecule has 150 valence electrons. The van der Waals surface area contributed by atoms with E-state index in [4.69, 9.17) is 0 Å². The number of aromatic amines is 1. The van der Waals surface area contributed by atoms with E-state index in [9.17, 15) is 24.8 Å². The Hall–Kier alpha value is -3.63. The Morgan fingerprint density at radius 1 is 1.43 bits per heavy atom. The third-order valence-electron chi connectivity index (χ3n) is 3.87. The minimum absolute atomic E-state index is 0.189. The summed E-state index contributed by atoms with van der Waals surface area (Å²) in [6.07, 6.45) is 1.54. The third-order valence-corrected chi connectivity index (χ3v) is 3.87. The van der Waals surface area contributed by atoms with Crippen molar-refractivity contribution in [1.29, 1.82) is 0 Å². The van der Waals surface area contributed by atoms with Gasteiger partial charge in [-0.3, -0.25) is 14.9 Å². The zero-order chi connectivity index (χ0) is 20.7. The SMILES string of the molecule is CCCN(Cc1ncc(-c2ccc([N+](=O)[O-])c(O)c2)[nH]1)C(=O)CNC(=O)OC. The summed E-state index contributed by atoms with van der Waals surface area (Å²) < 4.78 is 4.44. The fraction of sp³-hybridized carbons (Fsp3) is 0.353. The number of nitro groups is 1. The number of benzene rings is 1. The van der Waals surface area contributed by atoms with Crippen molar-refractivity contribution in [1.82, 2.24) is 20.2 Å². The number of carbonyl (C=O) groups excluding carboxylic acids is 2. The first-order valence-corrected chi connectivity index (χ1v) is 8.47. The second-order valence-corrected chi connectivity index (χ2v) is 5.86. The Balaban J connectivity index is 2.10. The normalized spacial score (nSPS) is 10.4. The predicted octanol–water partition coefficient (Wildman–Crippen LogP) is 1.79. The van der Waals surface area contributed by atoms with Gasteiger partial charge in [-0.2, -0.15) is 0 Å². The van der Waals surface area contributed by atoms with Gasteiger partial charge in [-0.1, -0.05) is 6.92 Å². The number of aromatic nitrogens is 2. The van der Waals surface area contributed by atoms with Crippen LogP contribution in [0, 0.1) is 10.1 Å². The molecule has 0 aliphatic heterocycles. The first-order chi connectivity index (χ1) is 13.3. The van der Waals surface area contributed by atoms with Gasteiger partial charge in [0.1, 0.15) is 12.4 Å². The number of hydrogen-bond acceptors (Lipinski definition) is 7. The fourth-order valence-electron chi connectivity index (χ4n) is 2.51. The topological polar surface area (TPSA) is 151 Å². The van der Waals surface area contributed by atoms with E-state index in [1.54, 1.807) is 0 Å². The van der Waals surface area contributed by atoms with Gasteiger partial charge in [0.15, 0.2) is 5.75 Å². The number of phenols is 1. The van der Waals surface area contributed by atoms with Crippen LogP contribution in [0.1, 0.15) is 19.2 Å². The third kappa shape index (κ3) is 5.19. The number of nitrogens with zero attached hydrogens (tertiary/aromatic N) is 3. The maximum Gasteiger partial charge on any atom is 0.407 e. The summed E-state index contributed by atoms with van der Waals surface area (Å²) in [5.41, 5.74) is 0.667. The van der Waals surface area contributed by atoms with Gasteiger partial charge in [-0.25, -0.2) is 9.78 Å². The lowest BCUT2D eigenvalue weighted by atomic mass is 10.1. The molecule has 0 unspecified atom stereocenters. The predicted molar refractivity (Wildman–Crippen MR) is 98.5 cm³/mol. The number of phenolic OH excluding ortho intramolecular Hbond substituents is 1. The molecule has 28 heavy (non-hydrogen) atoms. The van der Waals surface area contributed by atoms with Gasteiger partial charge in [-0.05, 0) is 18.6 Å². The lowest BCUT2D eigenvalue weighted by Gasteiger charge is -2.21. The van der Waals surface area contributed by atoms with Gasteiger partial charge in [0.25, 0.3) is 0 Å². The zero-order valence-corrected chi connectivity index (χ0v) is 15.5. The number of nitrogens with one attached hydrogen (secondary N) is 2. The highest BCUT2D eigenvalue weighted by Gasteiger charge is 2.17. The number of hydrogen-bond donors (Lipinski definition) is 3. The largest absolute Gasteiger partial charge is 0.502 e. The highest BCUT2D eigenvalue weighted by molar-refractivity contribution is 5.82. The quantitative estimate of drug-likeness (QED) is 0.458. The van der Waals surface area contributed by atoms with Crippen LogP contribution in [-0.2, 0) is 16.1 Å². The number of alkyl carbamates (subject to hydrolysis) is 1. The van der Waals surface area contributed by atoms with Crippen molar-refractivity contribution < 1.29 is 24.4 Å². The molecule has 3 N–H and O–H groups in total. The summed E-state index contributed by atoms with van der Waals surface area (Å²) >= 11 is 0. The summed E-state index contributed by atoms with van der Waals surface area (Å²) in [7, 11) is 1.21. The van der Waals surface area contributed by atoms with E-state index in [1.165, 1.54) is 36.4 Å². The van der Waals surface area contributed by atoms with Crippen molar-refractivity contribution in [2.75, 3.05) is 20.2 Å². The monoisotopic (exact) mass is 391 g/mol. The lowest BCUT2D eigenvalue weighted by Crippen LogP contribution is -2.40. The van der Waals surface area contributed by atoms with E-state index in [2.05, 4.69) is 20.0 Å². The van der Waals surface area contributed by atoms with E-state index in [0.29, 0.717) is 30.0 Å². The van der Waals surface area contributed by atoms with E-state index in [-0.39, 0.29) is 24.7 Å². The summed E-state index contributed by atoms with van der Waals surface area (Å²) in [6.45, 7) is 2.38. The smallest absolute Gasteiger partial charge is 0.407 e. The Morgan fingerprint density at radius 3 is 2.79 bits per heavy atom. The molecule has 0 saturated carbocycles. The highest BCUT2D eigenvalue weighted by atomic mass is 16.6. The van der Waals surface area contributed by atoms with Crippen molar-refractivity contribution >= 4 is 17.7 Å². The molecule has 11 heteroatoms. The van der Waals surface area contributed by atoms with Crippen LogP contribution in [0.25, 0.3) is 11.3 Å². The van der Waals surface area contributed by atoms with Crippen LogP contribution < -0.4 is 5.32 Å². The average molecular weight is 391 g/mol. The molecule has 11 nitrogen and oxygen atoms in total. The summed E-state index contributed by atoms with van der Waals surface area (Å²) in [5, 5.41) is 22.9. The number of rotatable bonds is 8. The van der Waals surface area contributed by atoms with Gasteiger partial charge in [0, 0.05) is 18.2 Å². The lowest BCUT2D eigenvalue weighted by molar-refractivity contribution is -0.385. The number of aromatic hydroxyl groups is 1. The first-order valence-electron chi connectivity index (χ1n) is 8.47. The van der Waals surface area contributed by atoms with E-state index < -0.39 is 16.8 Å². The van der Waals surface area contributed by atoms with Gasteiger partial charge in [0.2, 0.25) is 5.91 Å². The van der Waals surface area contributed by atoms with Crippen molar-refractivity contribution in [2.45, 2.75) is 19.9 Å².